The average molecular weight is 473 g/mol. The Morgan fingerprint density at radius 1 is 1.03 bits per heavy atom. The summed E-state index contributed by atoms with van der Waals surface area (Å²) in [6.07, 6.45) is 5.47. The number of carbonyl (C=O) groups excluding carboxylic acids is 2. The molecule has 0 saturated carbocycles. The zero-order valence-corrected chi connectivity index (χ0v) is 19.7. The van der Waals surface area contributed by atoms with E-state index in [4.69, 9.17) is 9.47 Å². The topological polar surface area (TPSA) is 84.9 Å². The van der Waals surface area contributed by atoms with Gasteiger partial charge in [0.05, 0.1) is 12.1 Å². The molecule has 1 aromatic heterocycles. The van der Waals surface area contributed by atoms with Gasteiger partial charge in [-0.15, -0.1) is 0 Å². The monoisotopic (exact) mass is 472 g/mol. The molecule has 0 N–H and O–H groups in total. The fourth-order valence-electron chi connectivity index (χ4n) is 4.67. The van der Waals surface area contributed by atoms with E-state index in [1.807, 2.05) is 41.0 Å². The maximum absolute atomic E-state index is 13.3. The van der Waals surface area contributed by atoms with E-state index in [0.29, 0.717) is 37.4 Å². The van der Waals surface area contributed by atoms with Crippen molar-refractivity contribution in [2.75, 3.05) is 31.1 Å². The van der Waals surface area contributed by atoms with Gasteiger partial charge in [0.1, 0.15) is 12.4 Å². The molecule has 0 aliphatic carbocycles. The van der Waals surface area contributed by atoms with Gasteiger partial charge in [-0.2, -0.15) is 0 Å². The van der Waals surface area contributed by atoms with Gasteiger partial charge in [-0.1, -0.05) is 23.8 Å². The van der Waals surface area contributed by atoms with Crippen LogP contribution in [-0.2, 0) is 9.53 Å². The zero-order chi connectivity index (χ0) is 24.3. The minimum Gasteiger partial charge on any atom is -0.424 e. The smallest absolute Gasteiger partial charge is 0.321 e. The third-order valence-electron chi connectivity index (χ3n) is 6.61. The van der Waals surface area contributed by atoms with Crippen LogP contribution in [0, 0.1) is 6.92 Å². The van der Waals surface area contributed by atoms with Gasteiger partial charge in [-0.3, -0.25) is 9.59 Å². The van der Waals surface area contributed by atoms with Gasteiger partial charge in [-0.05, 0) is 62.6 Å². The molecule has 0 radical (unpaired) electrons. The van der Waals surface area contributed by atoms with Crippen molar-refractivity contribution in [3.05, 3.63) is 78.1 Å². The molecule has 2 aliphatic heterocycles. The number of ether oxygens (including phenoxy) is 2. The average Bonchev–Trinajstić information content (AvgIpc) is 3.09. The molecule has 2 aromatic carbocycles. The first-order chi connectivity index (χ1) is 17.0. The second-order valence-electron chi connectivity index (χ2n) is 9.09. The first kappa shape index (κ1) is 23.0. The molecule has 0 bridgehead atoms. The molecule has 2 amide bonds. The molecule has 180 valence electrons. The zero-order valence-electron chi connectivity index (χ0n) is 19.7. The van der Waals surface area contributed by atoms with Crippen LogP contribution in [0.15, 0.2) is 67.0 Å². The van der Waals surface area contributed by atoms with E-state index in [1.54, 1.807) is 42.7 Å². The second-order valence-corrected chi connectivity index (χ2v) is 9.09. The molecule has 2 saturated heterocycles. The number of aromatic nitrogens is 2. The van der Waals surface area contributed by atoms with Crippen LogP contribution in [0.5, 0.6) is 11.8 Å². The van der Waals surface area contributed by atoms with Gasteiger partial charge in [-0.25, -0.2) is 9.97 Å². The number of hydrogen-bond donors (Lipinski definition) is 0. The second kappa shape index (κ2) is 9.84. The number of anilines is 1. The van der Waals surface area contributed by atoms with Crippen LogP contribution in [0.25, 0.3) is 0 Å². The predicted octanol–water partition coefficient (Wildman–Crippen LogP) is 4.01. The van der Waals surface area contributed by atoms with E-state index in [9.17, 15) is 9.59 Å². The molecule has 0 unspecified atom stereocenters. The Morgan fingerprint density at radius 2 is 1.83 bits per heavy atom. The third kappa shape index (κ3) is 5.17. The van der Waals surface area contributed by atoms with Crippen molar-refractivity contribution in [3.63, 3.8) is 0 Å². The van der Waals surface area contributed by atoms with Crippen LogP contribution >= 0.6 is 0 Å². The van der Waals surface area contributed by atoms with E-state index in [2.05, 4.69) is 9.97 Å². The summed E-state index contributed by atoms with van der Waals surface area (Å²) < 4.78 is 11.8. The van der Waals surface area contributed by atoms with Gasteiger partial charge < -0.3 is 19.3 Å². The number of aryl methyl sites for hydroxylation is 1. The van der Waals surface area contributed by atoms with Gasteiger partial charge >= 0.3 is 6.01 Å². The van der Waals surface area contributed by atoms with E-state index in [0.717, 1.165) is 24.1 Å². The van der Waals surface area contributed by atoms with Gasteiger partial charge in [0, 0.05) is 36.7 Å². The lowest BCUT2D eigenvalue weighted by atomic mass is 9.92. The molecule has 8 nitrogen and oxygen atoms in total. The molecular weight excluding hydrogens is 444 g/mol. The van der Waals surface area contributed by atoms with Gasteiger partial charge in [0.15, 0.2) is 0 Å². The molecule has 3 heterocycles. The number of carbonyl (C=O) groups is 2. The Bertz CT molecular complexity index is 1200. The van der Waals surface area contributed by atoms with Crippen LogP contribution in [0.1, 0.15) is 35.2 Å². The van der Waals surface area contributed by atoms with E-state index in [-0.39, 0.29) is 24.4 Å². The maximum Gasteiger partial charge on any atom is 0.321 e. The van der Waals surface area contributed by atoms with Crippen LogP contribution in [0.3, 0.4) is 0 Å². The van der Waals surface area contributed by atoms with Crippen molar-refractivity contribution in [2.45, 2.75) is 31.8 Å². The molecule has 8 heteroatoms. The van der Waals surface area contributed by atoms with Crippen LogP contribution < -0.4 is 9.64 Å². The number of likely N-dealkylation sites (tertiary alicyclic amines) is 1. The Hall–Kier alpha value is -3.78. The van der Waals surface area contributed by atoms with Crippen LogP contribution in [0.4, 0.5) is 5.69 Å². The molecule has 2 fully saturated rings. The first-order valence-corrected chi connectivity index (χ1v) is 11.9. The highest BCUT2D eigenvalue weighted by atomic mass is 16.5. The summed E-state index contributed by atoms with van der Waals surface area (Å²) in [7, 11) is 0. The fourth-order valence-corrected chi connectivity index (χ4v) is 4.67. The number of benzene rings is 2. The number of rotatable bonds is 4. The summed E-state index contributed by atoms with van der Waals surface area (Å²) in [6, 6.07) is 17.0. The van der Waals surface area contributed by atoms with E-state index >= 15 is 0 Å². The SMILES string of the molecule is Cc1ccc(N2C[C@@]3(CCCN(C(=O)c4cccc(Oc5ncccn5)c4)CC3)OCC2=O)cc1. The molecule has 1 atom stereocenters. The van der Waals surface area contributed by atoms with Crippen molar-refractivity contribution < 1.29 is 19.1 Å². The summed E-state index contributed by atoms with van der Waals surface area (Å²) in [5.74, 6) is 0.427. The van der Waals surface area contributed by atoms with Crippen molar-refractivity contribution in [3.8, 4) is 11.8 Å². The molecule has 5 rings (SSSR count). The Balaban J connectivity index is 1.27. The van der Waals surface area contributed by atoms with Crippen molar-refractivity contribution in [1.29, 1.82) is 0 Å². The quantitative estimate of drug-likeness (QED) is 0.571. The first-order valence-electron chi connectivity index (χ1n) is 11.9. The highest BCUT2D eigenvalue weighted by Gasteiger charge is 2.42. The molecular formula is C27H28N4O4. The normalized spacial score (nSPS) is 20.5. The van der Waals surface area contributed by atoms with E-state index < -0.39 is 5.60 Å². The molecule has 3 aromatic rings. The van der Waals surface area contributed by atoms with Gasteiger partial charge in [0.25, 0.3) is 11.8 Å². The number of nitrogens with zero attached hydrogens (tertiary/aromatic N) is 4. The minimum absolute atomic E-state index is 0.0316. The number of amides is 2. The standard InChI is InChI=1S/C27H28N4O4/c1-20-7-9-22(10-8-20)31-19-27(34-18-24(31)32)11-3-15-30(16-12-27)25(33)21-5-2-6-23(17-21)35-26-28-13-4-14-29-26/h2,4-10,13-14,17H,3,11-12,15-16,18-19H2,1H3/t27-/m0/s1. The van der Waals surface area contributed by atoms with Crippen LogP contribution in [0.2, 0.25) is 0 Å². The summed E-state index contributed by atoms with van der Waals surface area (Å²) in [4.78, 5) is 37.8. The predicted molar refractivity (Wildman–Crippen MR) is 131 cm³/mol. The Kier molecular flexibility index (Phi) is 6.46. The van der Waals surface area contributed by atoms with Crippen molar-refractivity contribution in [1.82, 2.24) is 14.9 Å². The molecule has 1 spiro atoms. The van der Waals surface area contributed by atoms with E-state index in [1.165, 1.54) is 0 Å². The summed E-state index contributed by atoms with van der Waals surface area (Å²) >= 11 is 0. The summed E-state index contributed by atoms with van der Waals surface area (Å²) in [5.41, 5.74) is 2.14. The molecule has 35 heavy (non-hydrogen) atoms. The summed E-state index contributed by atoms with van der Waals surface area (Å²) in [6.45, 7) is 3.78. The minimum atomic E-state index is -0.455. The molecule has 2 aliphatic rings. The maximum atomic E-state index is 13.3. The lowest BCUT2D eigenvalue weighted by Gasteiger charge is -2.42. The lowest BCUT2D eigenvalue weighted by molar-refractivity contribution is -0.140. The Labute approximate surface area is 204 Å². The third-order valence-corrected chi connectivity index (χ3v) is 6.61. The highest BCUT2D eigenvalue weighted by Crippen LogP contribution is 2.33. The Morgan fingerprint density at radius 3 is 2.63 bits per heavy atom. The number of morpholine rings is 1. The fraction of sp³-hybridized carbons (Fsp3) is 0.333. The summed E-state index contributed by atoms with van der Waals surface area (Å²) in [5, 5.41) is 0. The largest absolute Gasteiger partial charge is 0.424 e. The van der Waals surface area contributed by atoms with Crippen molar-refractivity contribution >= 4 is 17.5 Å². The lowest BCUT2D eigenvalue weighted by Crippen LogP contribution is -2.55. The number of hydrogen-bond acceptors (Lipinski definition) is 6. The van der Waals surface area contributed by atoms with Crippen molar-refractivity contribution in [2.24, 2.45) is 0 Å². The highest BCUT2D eigenvalue weighted by molar-refractivity contribution is 5.95. The van der Waals surface area contributed by atoms with Crippen LogP contribution in [-0.4, -0.2) is 58.5 Å². The van der Waals surface area contributed by atoms with Gasteiger partial charge in [0.2, 0.25) is 0 Å².